The zero-order chi connectivity index (χ0) is 39.2. The van der Waals surface area contributed by atoms with Crippen molar-refractivity contribution in [2.24, 2.45) is 11.3 Å². The van der Waals surface area contributed by atoms with Gasteiger partial charge in [-0.3, -0.25) is 33.6 Å². The van der Waals surface area contributed by atoms with Crippen molar-refractivity contribution in [3.8, 4) is 0 Å². The first kappa shape index (κ1) is 38.9. The van der Waals surface area contributed by atoms with Gasteiger partial charge in [0.1, 0.15) is 29.8 Å². The van der Waals surface area contributed by atoms with Gasteiger partial charge in [-0.2, -0.15) is 0 Å². The Morgan fingerprint density at radius 3 is 2.50 bits per heavy atom. The van der Waals surface area contributed by atoms with Crippen molar-refractivity contribution in [1.82, 2.24) is 30.5 Å². The van der Waals surface area contributed by atoms with E-state index in [4.69, 9.17) is 9.47 Å². The maximum Gasteiger partial charge on any atom is 0.410 e. The molecule has 0 radical (unpaired) electrons. The van der Waals surface area contributed by atoms with Crippen molar-refractivity contribution in [3.63, 3.8) is 0 Å². The van der Waals surface area contributed by atoms with Gasteiger partial charge in [0, 0.05) is 25.8 Å². The average Bonchev–Trinajstić information content (AvgIpc) is 3.99. The van der Waals surface area contributed by atoms with Crippen molar-refractivity contribution < 1.29 is 46.7 Å². The molecule has 0 aromatic heterocycles. The molecule has 17 heteroatoms. The van der Waals surface area contributed by atoms with Gasteiger partial charge in [0.25, 0.3) is 5.91 Å². The van der Waals surface area contributed by atoms with E-state index in [0.717, 1.165) is 16.7 Å². The van der Waals surface area contributed by atoms with Gasteiger partial charge in [0.2, 0.25) is 33.7 Å². The summed E-state index contributed by atoms with van der Waals surface area (Å²) in [5.74, 6) is -4.08. The predicted octanol–water partition coefficient (Wildman–Crippen LogP) is 0.857. The second-order valence-electron chi connectivity index (χ2n) is 15.8. The Kier molecular flexibility index (Phi) is 10.7. The Morgan fingerprint density at radius 1 is 1.11 bits per heavy atom. The number of amides is 6. The lowest BCUT2D eigenvalue weighted by atomic mass is 9.85. The molecular formula is C37H48N6O10S. The number of hydrogen-bond donors (Lipinski definition) is 4. The highest BCUT2D eigenvalue weighted by Crippen LogP contribution is 2.45. The topological polar surface area (TPSA) is 210 Å². The van der Waals surface area contributed by atoms with Crippen molar-refractivity contribution in [2.75, 3.05) is 19.8 Å². The first-order valence-electron chi connectivity index (χ1n) is 18.1. The van der Waals surface area contributed by atoms with E-state index < -0.39 is 92.0 Å². The van der Waals surface area contributed by atoms with E-state index in [1.807, 2.05) is 24.3 Å². The third kappa shape index (κ3) is 8.16. The van der Waals surface area contributed by atoms with Crippen LogP contribution in [0.3, 0.4) is 0 Å². The first-order valence-corrected chi connectivity index (χ1v) is 19.7. The molecule has 6 amide bonds. The molecule has 6 atom stereocenters. The second kappa shape index (κ2) is 14.8. The lowest BCUT2D eigenvalue weighted by molar-refractivity contribution is -0.145. The maximum atomic E-state index is 14.6. The Hall–Kier alpha value is -4.77. The molecule has 2 aliphatic carbocycles. The Labute approximate surface area is 314 Å². The van der Waals surface area contributed by atoms with Crippen LogP contribution in [0.2, 0.25) is 0 Å². The zero-order valence-corrected chi connectivity index (χ0v) is 31.7. The van der Waals surface area contributed by atoms with Crippen molar-refractivity contribution in [3.05, 3.63) is 53.6 Å². The molecule has 5 aliphatic rings. The van der Waals surface area contributed by atoms with Gasteiger partial charge >= 0.3 is 6.09 Å². The highest BCUT2D eigenvalue weighted by molar-refractivity contribution is 7.91. The molecule has 1 saturated heterocycles. The van der Waals surface area contributed by atoms with E-state index in [2.05, 4.69) is 27.3 Å². The van der Waals surface area contributed by atoms with Gasteiger partial charge in [-0.05, 0) is 41.4 Å². The average molecular weight is 769 g/mol. The smallest absolute Gasteiger partial charge is 0.410 e. The number of sulfonamides is 1. The molecule has 292 valence electrons. The van der Waals surface area contributed by atoms with Crippen LogP contribution in [-0.4, -0.2) is 109 Å². The number of carbonyl (C=O) groups excluding carboxylic acids is 6. The Morgan fingerprint density at radius 2 is 1.85 bits per heavy atom. The van der Waals surface area contributed by atoms with Gasteiger partial charge in [0.05, 0.1) is 31.6 Å². The van der Waals surface area contributed by atoms with Gasteiger partial charge in [-0.15, -0.1) is 6.58 Å². The van der Waals surface area contributed by atoms with Gasteiger partial charge in [-0.25, -0.2) is 13.2 Å². The molecule has 6 rings (SSSR count). The molecule has 1 aromatic rings. The van der Waals surface area contributed by atoms with Crippen molar-refractivity contribution in [1.29, 1.82) is 0 Å². The Balaban J connectivity index is 1.31. The third-order valence-corrected chi connectivity index (χ3v) is 12.4. The summed E-state index contributed by atoms with van der Waals surface area (Å²) in [6.45, 7) is 10.4. The van der Waals surface area contributed by atoms with E-state index in [1.54, 1.807) is 26.8 Å². The lowest BCUT2D eigenvalue weighted by Gasteiger charge is -2.36. The zero-order valence-electron chi connectivity index (χ0n) is 30.9. The summed E-state index contributed by atoms with van der Waals surface area (Å²) in [5, 5.41) is 7.38. The van der Waals surface area contributed by atoms with E-state index in [0.29, 0.717) is 12.8 Å². The lowest BCUT2D eigenvalue weighted by Crippen LogP contribution is -2.62. The number of nitrogens with zero attached hydrogens (tertiary/aromatic N) is 2. The summed E-state index contributed by atoms with van der Waals surface area (Å²) in [4.78, 5) is 84.5. The predicted molar refractivity (Wildman–Crippen MR) is 194 cm³/mol. The molecule has 2 saturated carbocycles. The van der Waals surface area contributed by atoms with Crippen LogP contribution in [0.1, 0.15) is 70.1 Å². The quantitative estimate of drug-likeness (QED) is 0.288. The minimum absolute atomic E-state index is 0.0906. The van der Waals surface area contributed by atoms with Gasteiger partial charge in [-0.1, -0.05) is 57.2 Å². The van der Waals surface area contributed by atoms with E-state index in [9.17, 15) is 37.2 Å². The van der Waals surface area contributed by atoms with Crippen LogP contribution in [0.5, 0.6) is 0 Å². The standard InChI is InChI=1S/C37H48N6O10S/c1-6-24-16-37(24,34(48)41-54(50,51)26-12-13-26)40-32(46)29-15-25-18-43(29)33(47)30(36(3,4)5)39-31(45)28(38-21(2)44)20-52-14-8-11-22-9-7-10-23-17-42(19-27(22)23)35(49)53-25/h6-11,24-26,28-30H,1,12-20H2,2-5H3,(H,38,44)(H,39,45)(H,40,46)(H,41,48). The maximum absolute atomic E-state index is 14.6. The molecule has 3 fully saturated rings. The van der Waals surface area contributed by atoms with Gasteiger partial charge < -0.3 is 30.3 Å². The number of nitrogens with one attached hydrogen (secondary N) is 4. The molecule has 0 spiro atoms. The third-order valence-electron chi connectivity index (χ3n) is 10.5. The fourth-order valence-corrected chi connectivity index (χ4v) is 8.62. The van der Waals surface area contributed by atoms with Crippen LogP contribution >= 0.6 is 0 Å². The summed E-state index contributed by atoms with van der Waals surface area (Å²) in [6.07, 6.45) is 4.30. The van der Waals surface area contributed by atoms with E-state index >= 15 is 0 Å². The van der Waals surface area contributed by atoms with Crippen molar-refractivity contribution >= 4 is 51.7 Å². The highest BCUT2D eigenvalue weighted by atomic mass is 32.2. The monoisotopic (exact) mass is 768 g/mol. The molecule has 1 aromatic carbocycles. The number of ether oxygens (including phenoxy) is 2. The summed E-state index contributed by atoms with van der Waals surface area (Å²) < 4.78 is 39.2. The molecule has 3 aliphatic heterocycles. The minimum Gasteiger partial charge on any atom is -0.444 e. The number of benzene rings is 1. The summed E-state index contributed by atoms with van der Waals surface area (Å²) in [7, 11) is -3.94. The molecule has 16 nitrogen and oxygen atoms in total. The minimum atomic E-state index is -3.94. The molecule has 6 unspecified atom stereocenters. The molecule has 54 heavy (non-hydrogen) atoms. The van der Waals surface area contributed by atoms with Crippen LogP contribution in [0.15, 0.2) is 36.9 Å². The number of rotatable bonds is 7. The SMILES string of the molecule is C=CC1CC1(NC(=O)C1CC2CN1C(=O)C(C(C)(C)C)NC(=O)C(NC(C)=O)COCC=Cc1cccc3c1CN(C3)C(=O)O2)C(=O)NS(=O)(=O)C1CC1. The second-order valence-corrected chi connectivity index (χ2v) is 17.7. The number of fused-ring (bicyclic) bond motifs is 3. The van der Waals surface area contributed by atoms with Crippen LogP contribution in [0, 0.1) is 11.3 Å². The molecule has 3 heterocycles. The van der Waals surface area contributed by atoms with Crippen LogP contribution in [0.4, 0.5) is 4.79 Å². The summed E-state index contributed by atoms with van der Waals surface area (Å²) >= 11 is 0. The van der Waals surface area contributed by atoms with E-state index in [1.165, 1.54) is 22.8 Å². The largest absolute Gasteiger partial charge is 0.444 e. The molecule has 4 bridgehead atoms. The van der Waals surface area contributed by atoms with Crippen molar-refractivity contribution in [2.45, 2.75) is 101 Å². The van der Waals surface area contributed by atoms with Gasteiger partial charge in [0.15, 0.2) is 0 Å². The van der Waals surface area contributed by atoms with Crippen LogP contribution in [-0.2, 0) is 56.6 Å². The first-order chi connectivity index (χ1) is 25.4. The summed E-state index contributed by atoms with van der Waals surface area (Å²) in [6, 6.07) is 2.02. The van der Waals surface area contributed by atoms with Crippen LogP contribution in [0.25, 0.3) is 6.08 Å². The molecular weight excluding hydrogens is 721 g/mol. The number of hydrogen-bond acceptors (Lipinski definition) is 10. The normalized spacial score (nSPS) is 28.9. The Bertz CT molecular complexity index is 1890. The fraction of sp³-hybridized carbons (Fsp3) is 0.568. The number of carbonyl (C=O) groups is 6. The summed E-state index contributed by atoms with van der Waals surface area (Å²) in [5.41, 5.74) is 0.164. The van der Waals surface area contributed by atoms with Crippen LogP contribution < -0.4 is 20.7 Å². The fourth-order valence-electron chi connectivity index (χ4n) is 7.26. The highest BCUT2D eigenvalue weighted by Gasteiger charge is 2.62. The molecule has 4 N–H and O–H groups in total. The van der Waals surface area contributed by atoms with E-state index in [-0.39, 0.29) is 45.7 Å².